The molecule has 0 unspecified atom stereocenters. The summed E-state index contributed by atoms with van der Waals surface area (Å²) in [5.41, 5.74) is 4.17. The summed E-state index contributed by atoms with van der Waals surface area (Å²) in [5, 5.41) is 3.58. The van der Waals surface area contributed by atoms with E-state index in [0.717, 1.165) is 22.8 Å². The predicted octanol–water partition coefficient (Wildman–Crippen LogP) is 2.75. The fourth-order valence-corrected chi connectivity index (χ4v) is 2.86. The summed E-state index contributed by atoms with van der Waals surface area (Å²) in [7, 11) is 0. The molecule has 2 aromatic rings. The summed E-state index contributed by atoms with van der Waals surface area (Å²) in [6, 6.07) is 2.64. The van der Waals surface area contributed by atoms with Gasteiger partial charge < -0.3 is 5.32 Å². The first-order valence-electron chi connectivity index (χ1n) is 5.75. The average molecular weight is 233 g/mol. The lowest BCUT2D eigenvalue weighted by atomic mass is 9.93. The summed E-state index contributed by atoms with van der Waals surface area (Å²) >= 11 is 1.60. The zero-order chi connectivity index (χ0) is 11.0. The lowest BCUT2D eigenvalue weighted by Crippen LogP contribution is -2.31. The van der Waals surface area contributed by atoms with Crippen LogP contribution in [0.5, 0.6) is 0 Å². The minimum atomic E-state index is 0.467. The van der Waals surface area contributed by atoms with Crippen molar-refractivity contribution in [1.29, 1.82) is 0 Å². The molecule has 0 aromatic carbocycles. The molecule has 3 rings (SSSR count). The Labute approximate surface area is 98.9 Å². The van der Waals surface area contributed by atoms with Crippen molar-refractivity contribution in [2.45, 2.75) is 25.8 Å². The van der Waals surface area contributed by atoms with Gasteiger partial charge in [-0.05, 0) is 36.9 Å². The molecule has 1 fully saturated rings. The van der Waals surface area contributed by atoms with Crippen molar-refractivity contribution in [2.24, 2.45) is 5.92 Å². The number of hydrogen-bond acceptors (Lipinski definition) is 4. The van der Waals surface area contributed by atoms with E-state index in [0.29, 0.717) is 6.04 Å². The van der Waals surface area contributed by atoms with Gasteiger partial charge in [-0.3, -0.25) is 0 Å². The molecule has 1 aliphatic rings. The van der Waals surface area contributed by atoms with E-state index >= 15 is 0 Å². The predicted molar refractivity (Wildman–Crippen MR) is 66.6 cm³/mol. The Bertz CT molecular complexity index is 486. The first-order valence-corrected chi connectivity index (χ1v) is 6.63. The second-order valence-electron chi connectivity index (χ2n) is 4.59. The highest BCUT2D eigenvalue weighted by Gasteiger charge is 2.19. The van der Waals surface area contributed by atoms with E-state index in [-0.39, 0.29) is 0 Å². The maximum absolute atomic E-state index is 4.45. The van der Waals surface area contributed by atoms with Gasteiger partial charge in [-0.25, -0.2) is 9.97 Å². The van der Waals surface area contributed by atoms with Crippen molar-refractivity contribution in [3.8, 4) is 0 Å². The summed E-state index contributed by atoms with van der Waals surface area (Å²) in [6.45, 7) is 3.41. The van der Waals surface area contributed by atoms with Crippen molar-refractivity contribution in [3.63, 3.8) is 0 Å². The highest BCUT2D eigenvalue weighted by Crippen LogP contribution is 2.27. The number of pyridine rings is 1. The molecule has 0 amide bonds. The van der Waals surface area contributed by atoms with E-state index < -0.39 is 0 Å². The molecule has 0 radical (unpaired) electrons. The average Bonchev–Trinajstić information content (AvgIpc) is 2.77. The fraction of sp³-hybridized carbons (Fsp3) is 0.500. The van der Waals surface area contributed by atoms with Crippen LogP contribution in [0.4, 0.5) is 0 Å². The molecule has 4 heteroatoms. The van der Waals surface area contributed by atoms with Gasteiger partial charge in [0.2, 0.25) is 0 Å². The second-order valence-corrected chi connectivity index (χ2v) is 5.42. The van der Waals surface area contributed by atoms with E-state index in [1.165, 1.54) is 18.4 Å². The van der Waals surface area contributed by atoms with Gasteiger partial charge in [0, 0.05) is 12.2 Å². The molecule has 1 N–H and O–H groups in total. The Hall–Kier alpha value is -1.00. The Kier molecular flexibility index (Phi) is 2.61. The smallest absolute Gasteiger partial charge is 0.143 e. The maximum Gasteiger partial charge on any atom is 0.143 e. The summed E-state index contributed by atoms with van der Waals surface area (Å²) in [6.07, 6.45) is 4.50. The lowest BCUT2D eigenvalue weighted by molar-refractivity contribution is 0.332. The van der Waals surface area contributed by atoms with Crippen molar-refractivity contribution in [1.82, 2.24) is 15.3 Å². The summed E-state index contributed by atoms with van der Waals surface area (Å²) in [5.74, 6) is 0.798. The maximum atomic E-state index is 4.45. The number of hydrogen-bond donors (Lipinski definition) is 1. The molecule has 3 nitrogen and oxygen atoms in total. The Morgan fingerprint density at radius 1 is 1.38 bits per heavy atom. The first-order chi connectivity index (χ1) is 7.83. The molecule has 1 saturated heterocycles. The normalized spacial score (nSPS) is 26.1. The molecular formula is C12H15N3S. The number of nitrogens with zero attached hydrogens (tertiary/aromatic N) is 2. The van der Waals surface area contributed by atoms with Gasteiger partial charge in [-0.15, -0.1) is 11.3 Å². The highest BCUT2D eigenvalue weighted by molar-refractivity contribution is 7.16. The minimum absolute atomic E-state index is 0.467. The van der Waals surface area contributed by atoms with Gasteiger partial charge in [0.25, 0.3) is 0 Å². The van der Waals surface area contributed by atoms with Crippen LogP contribution in [0.1, 0.15) is 31.4 Å². The monoisotopic (exact) mass is 233 g/mol. The molecular weight excluding hydrogens is 218 g/mol. The minimum Gasteiger partial charge on any atom is -0.310 e. The van der Waals surface area contributed by atoms with Crippen LogP contribution in [0.3, 0.4) is 0 Å². The van der Waals surface area contributed by atoms with Crippen molar-refractivity contribution in [2.75, 3.05) is 6.54 Å². The van der Waals surface area contributed by atoms with Crippen molar-refractivity contribution < 1.29 is 0 Å². The van der Waals surface area contributed by atoms with E-state index in [9.17, 15) is 0 Å². The van der Waals surface area contributed by atoms with Crippen LogP contribution in [0, 0.1) is 5.92 Å². The SMILES string of the molecule is C[C@@H]1CC[C@@H](c2cnc3scnc3c2)NC1. The van der Waals surface area contributed by atoms with Crippen LogP contribution in [-0.4, -0.2) is 16.5 Å². The molecule has 0 saturated carbocycles. The zero-order valence-corrected chi connectivity index (χ0v) is 10.1. The number of aromatic nitrogens is 2. The summed E-state index contributed by atoms with van der Waals surface area (Å²) in [4.78, 5) is 9.80. The van der Waals surface area contributed by atoms with Crippen LogP contribution >= 0.6 is 11.3 Å². The standard InChI is InChI=1S/C12H15N3S/c1-8-2-3-10(13-5-8)9-4-11-12(14-6-9)16-7-15-11/h4,6-8,10,13H,2-3,5H2,1H3/t8-,10+/m1/s1. The van der Waals surface area contributed by atoms with E-state index in [2.05, 4.69) is 28.3 Å². The van der Waals surface area contributed by atoms with Crippen LogP contribution in [0.2, 0.25) is 0 Å². The molecule has 0 spiro atoms. The molecule has 2 aromatic heterocycles. The molecule has 2 atom stereocenters. The topological polar surface area (TPSA) is 37.8 Å². The fourth-order valence-electron chi connectivity index (χ4n) is 2.25. The number of fused-ring (bicyclic) bond motifs is 1. The Morgan fingerprint density at radius 3 is 3.12 bits per heavy atom. The van der Waals surface area contributed by atoms with Crippen LogP contribution in [0.25, 0.3) is 10.3 Å². The van der Waals surface area contributed by atoms with E-state index in [4.69, 9.17) is 0 Å². The Balaban J connectivity index is 1.87. The molecule has 16 heavy (non-hydrogen) atoms. The highest BCUT2D eigenvalue weighted by atomic mass is 32.1. The van der Waals surface area contributed by atoms with Crippen LogP contribution in [0.15, 0.2) is 17.8 Å². The van der Waals surface area contributed by atoms with Gasteiger partial charge in [0.15, 0.2) is 0 Å². The van der Waals surface area contributed by atoms with Crippen molar-refractivity contribution in [3.05, 3.63) is 23.3 Å². The largest absolute Gasteiger partial charge is 0.310 e. The third kappa shape index (κ3) is 1.83. The molecule has 0 bridgehead atoms. The van der Waals surface area contributed by atoms with Gasteiger partial charge in [-0.2, -0.15) is 0 Å². The first kappa shape index (κ1) is 10.2. The third-order valence-corrected chi connectivity index (χ3v) is 4.02. The second kappa shape index (κ2) is 4.11. The van der Waals surface area contributed by atoms with Gasteiger partial charge in [-0.1, -0.05) is 6.92 Å². The van der Waals surface area contributed by atoms with Gasteiger partial charge >= 0.3 is 0 Å². The van der Waals surface area contributed by atoms with Crippen LogP contribution in [-0.2, 0) is 0 Å². The molecule has 84 valence electrons. The van der Waals surface area contributed by atoms with Gasteiger partial charge in [0.05, 0.1) is 5.51 Å². The molecule has 3 heterocycles. The number of nitrogens with one attached hydrogen (secondary N) is 1. The number of piperidine rings is 1. The van der Waals surface area contributed by atoms with Crippen LogP contribution < -0.4 is 5.32 Å². The molecule has 0 aliphatic carbocycles. The van der Waals surface area contributed by atoms with Crippen molar-refractivity contribution >= 4 is 21.7 Å². The number of thiazole rings is 1. The number of rotatable bonds is 1. The zero-order valence-electron chi connectivity index (χ0n) is 9.31. The summed E-state index contributed by atoms with van der Waals surface area (Å²) < 4.78 is 0. The quantitative estimate of drug-likeness (QED) is 0.823. The lowest BCUT2D eigenvalue weighted by Gasteiger charge is -2.27. The van der Waals surface area contributed by atoms with Gasteiger partial charge in [0.1, 0.15) is 10.3 Å². The van der Waals surface area contributed by atoms with E-state index in [1.807, 2.05) is 11.7 Å². The van der Waals surface area contributed by atoms with E-state index in [1.54, 1.807) is 11.3 Å². The Morgan fingerprint density at radius 2 is 2.31 bits per heavy atom. The molecule has 1 aliphatic heterocycles. The third-order valence-electron chi connectivity index (χ3n) is 3.27.